The molecule has 0 atom stereocenters. The molecule has 4 heteroatoms. The Labute approximate surface area is 210 Å². The van der Waals surface area contributed by atoms with Gasteiger partial charge in [0.05, 0.1) is 0 Å². The molecule has 0 aromatic heterocycles. The molecule has 1 aliphatic rings. The van der Waals surface area contributed by atoms with Crippen molar-refractivity contribution in [3.8, 4) is 0 Å². The number of benzene rings is 1. The average molecular weight is 465 g/mol. The van der Waals surface area contributed by atoms with Gasteiger partial charge in [0.2, 0.25) is 0 Å². The van der Waals surface area contributed by atoms with Crippen molar-refractivity contribution in [1.82, 2.24) is 4.90 Å². The average Bonchev–Trinajstić information content (AvgIpc) is 2.85. The van der Waals surface area contributed by atoms with Crippen molar-refractivity contribution in [1.29, 1.82) is 0 Å². The first-order chi connectivity index (χ1) is 16.5. The van der Waals surface area contributed by atoms with E-state index in [1.807, 2.05) is 19.3 Å². The van der Waals surface area contributed by atoms with Crippen LogP contribution in [-0.2, 0) is 0 Å². The largest absolute Gasteiger partial charge is 0.344 e. The van der Waals surface area contributed by atoms with Crippen LogP contribution >= 0.6 is 0 Å². The molecule has 0 saturated heterocycles. The highest BCUT2D eigenvalue weighted by Gasteiger charge is 2.15. The van der Waals surface area contributed by atoms with Gasteiger partial charge < -0.3 is 10.2 Å². The van der Waals surface area contributed by atoms with Crippen LogP contribution in [0.3, 0.4) is 0 Å². The summed E-state index contributed by atoms with van der Waals surface area (Å²) in [5.41, 5.74) is 4.43. The molecule has 1 N–H and O–H groups in total. The summed E-state index contributed by atoms with van der Waals surface area (Å²) in [6.45, 7) is 14.2. The number of nitrogens with zero attached hydrogens (tertiary/aromatic N) is 3. The summed E-state index contributed by atoms with van der Waals surface area (Å²) < 4.78 is 0. The van der Waals surface area contributed by atoms with Gasteiger partial charge in [0.25, 0.3) is 0 Å². The summed E-state index contributed by atoms with van der Waals surface area (Å²) in [6, 6.07) is 8.50. The van der Waals surface area contributed by atoms with Crippen molar-refractivity contribution in [2.45, 2.75) is 72.1 Å². The first-order valence-corrected chi connectivity index (χ1v) is 13.2. The van der Waals surface area contributed by atoms with Crippen molar-refractivity contribution < 1.29 is 1.43 Å². The van der Waals surface area contributed by atoms with Gasteiger partial charge in [-0.2, -0.15) is 0 Å². The Hall–Kier alpha value is -2.46. The van der Waals surface area contributed by atoms with Crippen LogP contribution in [0, 0.1) is 5.92 Å². The van der Waals surface area contributed by atoms with Gasteiger partial charge in [-0.1, -0.05) is 76.8 Å². The van der Waals surface area contributed by atoms with Gasteiger partial charge >= 0.3 is 0 Å². The van der Waals surface area contributed by atoms with Crippen molar-refractivity contribution in [3.63, 3.8) is 0 Å². The Kier molecular flexibility index (Phi) is 13.2. The molecule has 1 aliphatic carbocycles. The predicted octanol–water partition coefficient (Wildman–Crippen LogP) is 8.01. The lowest BCUT2D eigenvalue weighted by Crippen LogP contribution is -2.23. The van der Waals surface area contributed by atoms with Crippen LogP contribution in [0.25, 0.3) is 6.08 Å². The minimum Gasteiger partial charge on any atom is -0.344 e. The molecule has 1 saturated carbocycles. The highest BCUT2D eigenvalue weighted by molar-refractivity contribution is 5.94. The number of aliphatic imine (C=N–C) groups is 2. The fourth-order valence-corrected chi connectivity index (χ4v) is 4.49. The van der Waals surface area contributed by atoms with Gasteiger partial charge in [-0.25, -0.2) is 4.99 Å². The maximum atomic E-state index is 4.65. The fraction of sp³-hybridized carbons (Fsp3) is 0.533. The fourth-order valence-electron chi connectivity index (χ4n) is 4.49. The normalized spacial score (nSPS) is 16.1. The van der Waals surface area contributed by atoms with Crippen molar-refractivity contribution in [2.75, 3.05) is 32.0 Å². The van der Waals surface area contributed by atoms with Crippen molar-refractivity contribution in [2.24, 2.45) is 15.9 Å². The number of anilines is 1. The molecular weight excluding hydrogens is 416 g/mol. The zero-order valence-electron chi connectivity index (χ0n) is 22.0. The molecule has 0 spiro atoms. The summed E-state index contributed by atoms with van der Waals surface area (Å²) in [5, 5.41) is 3.39. The third-order valence-corrected chi connectivity index (χ3v) is 6.62. The monoisotopic (exact) mass is 464 g/mol. The van der Waals surface area contributed by atoms with E-state index in [1.165, 1.54) is 50.6 Å². The Balaban J connectivity index is 0.00000612. The van der Waals surface area contributed by atoms with Crippen LogP contribution < -0.4 is 5.32 Å². The van der Waals surface area contributed by atoms with Crippen LogP contribution in [0.4, 0.5) is 5.69 Å². The van der Waals surface area contributed by atoms with Gasteiger partial charge in [0, 0.05) is 32.1 Å². The third kappa shape index (κ3) is 10.6. The van der Waals surface area contributed by atoms with E-state index in [2.05, 4.69) is 77.0 Å². The first-order valence-electron chi connectivity index (χ1n) is 13.2. The number of unbranched alkanes of at least 4 members (excludes halogenated alkanes) is 1. The Morgan fingerprint density at radius 2 is 1.85 bits per heavy atom. The topological polar surface area (TPSA) is 40.0 Å². The van der Waals surface area contributed by atoms with Crippen LogP contribution in [0.5, 0.6) is 0 Å². The number of allylic oxidation sites excluding steroid dienone is 3. The second-order valence-corrected chi connectivity index (χ2v) is 9.32. The highest BCUT2D eigenvalue weighted by Crippen LogP contribution is 2.30. The summed E-state index contributed by atoms with van der Waals surface area (Å²) >= 11 is 0. The second-order valence-electron chi connectivity index (χ2n) is 9.32. The minimum atomic E-state index is 0. The van der Waals surface area contributed by atoms with Crippen molar-refractivity contribution >= 4 is 23.8 Å². The lowest BCUT2D eigenvalue weighted by molar-refractivity contribution is 0.301. The van der Waals surface area contributed by atoms with Gasteiger partial charge in [-0.05, 0) is 75.0 Å². The lowest BCUT2D eigenvalue weighted by Gasteiger charge is -2.22. The summed E-state index contributed by atoms with van der Waals surface area (Å²) in [6.07, 6.45) is 18.4. The quantitative estimate of drug-likeness (QED) is 0.139. The number of amidine groups is 1. The van der Waals surface area contributed by atoms with E-state index >= 15 is 0 Å². The van der Waals surface area contributed by atoms with E-state index in [-0.39, 0.29) is 1.43 Å². The molecule has 1 aromatic rings. The number of hydrogen-bond donors (Lipinski definition) is 1. The molecule has 0 radical (unpaired) electrons. The predicted molar refractivity (Wildman–Crippen MR) is 154 cm³/mol. The molecule has 0 heterocycles. The smallest absolute Gasteiger partial charge is 0.103 e. The van der Waals surface area contributed by atoms with Gasteiger partial charge in [-0.3, -0.25) is 4.99 Å². The van der Waals surface area contributed by atoms with Crippen LogP contribution in [0.15, 0.2) is 64.3 Å². The summed E-state index contributed by atoms with van der Waals surface area (Å²) in [5.74, 6) is 1.61. The molecule has 34 heavy (non-hydrogen) atoms. The van der Waals surface area contributed by atoms with E-state index in [9.17, 15) is 0 Å². The van der Waals surface area contributed by atoms with Gasteiger partial charge in [-0.15, -0.1) is 0 Å². The van der Waals surface area contributed by atoms with Crippen LogP contribution in [0.2, 0.25) is 0 Å². The molecule has 4 nitrogen and oxygen atoms in total. The third-order valence-electron chi connectivity index (χ3n) is 6.62. The SMILES string of the molecule is C=C(CC1CCCCC1)/C(C=NC)=C\N=C(C)Nc1ccc(/C=C\CCCN(CC)CC)cc1.[HH]. The van der Waals surface area contributed by atoms with Crippen LogP contribution in [0.1, 0.15) is 79.1 Å². The minimum absolute atomic E-state index is 0. The van der Waals surface area contributed by atoms with E-state index in [0.717, 1.165) is 54.5 Å². The zero-order valence-corrected chi connectivity index (χ0v) is 22.0. The summed E-state index contributed by atoms with van der Waals surface area (Å²) in [4.78, 5) is 11.3. The standard InChI is InChI=1S/C30H46N4.H2/c1-6-34(7-2)21-13-9-12-14-27-17-19-30(20-18-27)33-26(4)32-24-29(23-31-5)25(3)22-28-15-10-8-11-16-28;/h12,14,17-20,23-24,28H,3,6-11,13,15-16,21-22H2,1-2,4-5H3,(H,32,33);1H/b14-12-,29-24-,31-23?;. The number of nitrogens with one attached hydrogen (secondary N) is 1. The lowest BCUT2D eigenvalue weighted by atomic mass is 9.84. The second kappa shape index (κ2) is 16.2. The number of rotatable bonds is 13. The van der Waals surface area contributed by atoms with E-state index in [0.29, 0.717) is 0 Å². The molecule has 0 bridgehead atoms. The molecule has 1 aromatic carbocycles. The highest BCUT2D eigenvalue weighted by atomic mass is 15.1. The molecule has 188 valence electrons. The number of hydrogen-bond acceptors (Lipinski definition) is 3. The van der Waals surface area contributed by atoms with E-state index in [1.54, 1.807) is 7.05 Å². The van der Waals surface area contributed by atoms with Crippen molar-refractivity contribution in [3.05, 3.63) is 59.8 Å². The molecular formula is C30H48N4. The Bertz CT molecular complexity index is 842. The van der Waals surface area contributed by atoms with Crippen LogP contribution in [-0.4, -0.2) is 43.6 Å². The van der Waals surface area contributed by atoms with Gasteiger partial charge in [0.15, 0.2) is 0 Å². The maximum Gasteiger partial charge on any atom is 0.103 e. The molecule has 1 fully saturated rings. The Morgan fingerprint density at radius 3 is 2.50 bits per heavy atom. The maximum absolute atomic E-state index is 4.65. The summed E-state index contributed by atoms with van der Waals surface area (Å²) in [7, 11) is 1.80. The van der Waals surface area contributed by atoms with Gasteiger partial charge in [0.1, 0.15) is 5.84 Å². The van der Waals surface area contributed by atoms with E-state index < -0.39 is 0 Å². The molecule has 0 amide bonds. The molecule has 2 rings (SSSR count). The Morgan fingerprint density at radius 1 is 1.15 bits per heavy atom. The first kappa shape index (κ1) is 27.8. The zero-order chi connectivity index (χ0) is 24.6. The van der Waals surface area contributed by atoms with E-state index in [4.69, 9.17) is 0 Å². The molecule has 0 unspecified atom stereocenters. The molecule has 0 aliphatic heterocycles.